The number of halogens is 2. The Bertz CT molecular complexity index is 488. The van der Waals surface area contributed by atoms with E-state index in [1.807, 2.05) is 13.0 Å². The van der Waals surface area contributed by atoms with Gasteiger partial charge in [-0.3, -0.25) is 9.59 Å². The van der Waals surface area contributed by atoms with Crippen molar-refractivity contribution in [2.24, 2.45) is 0 Å². The predicted molar refractivity (Wildman–Crippen MR) is 97.2 cm³/mol. The fraction of sp³-hybridized carbons (Fsp3) is 0.333. The van der Waals surface area contributed by atoms with Gasteiger partial charge in [-0.15, -0.1) is 0 Å². The summed E-state index contributed by atoms with van der Waals surface area (Å²) in [6.45, 7) is 6.20. The standard InChI is InChI=1S/C9H6Br2O2.C5H10.CH4S/c10-4-6-1-2-7(8(11)3-6)9(13)5-12;1-4-5(2)3;1-2/h1-3,5H,4H2;4H,1-3H3;2H,1H3/i;;1D/hT. The molecule has 112 valence electrons. The lowest BCUT2D eigenvalue weighted by Gasteiger charge is -2.00. The summed E-state index contributed by atoms with van der Waals surface area (Å²) in [5.74, 6) is -0.506. The van der Waals surface area contributed by atoms with E-state index in [1.54, 1.807) is 12.1 Å². The second-order valence-electron chi connectivity index (χ2n) is 3.80. The van der Waals surface area contributed by atoms with Gasteiger partial charge in [-0.05, 0) is 44.7 Å². The maximum Gasteiger partial charge on any atom is 0.226 e. The van der Waals surface area contributed by atoms with Crippen LogP contribution in [0, 0.1) is 0 Å². The Morgan fingerprint density at radius 2 is 2.10 bits per heavy atom. The molecular weight excluding hydrogens is 404 g/mol. The van der Waals surface area contributed by atoms with Gasteiger partial charge in [0.1, 0.15) is 1.12 Å². The Hall–Kier alpha value is -0.390. The van der Waals surface area contributed by atoms with Crippen molar-refractivity contribution in [3.63, 3.8) is 0 Å². The molecule has 0 radical (unpaired) electrons. The molecule has 0 aliphatic rings. The van der Waals surface area contributed by atoms with Crippen LogP contribution in [0.4, 0.5) is 0 Å². The Morgan fingerprint density at radius 3 is 2.40 bits per heavy atom. The van der Waals surface area contributed by atoms with Crippen LogP contribution in [-0.2, 0) is 10.1 Å². The summed E-state index contributed by atoms with van der Waals surface area (Å²) >= 11 is 7.30. The number of carbonyl (C=O) groups excluding carboxylic acids is 2. The van der Waals surface area contributed by atoms with E-state index < -0.39 is 5.78 Å². The van der Waals surface area contributed by atoms with Crippen molar-refractivity contribution in [2.45, 2.75) is 26.1 Å². The molecule has 0 saturated heterocycles. The van der Waals surface area contributed by atoms with Crippen molar-refractivity contribution in [1.82, 2.24) is 0 Å². The van der Waals surface area contributed by atoms with Gasteiger partial charge in [0.05, 0.1) is 0 Å². The third kappa shape index (κ3) is 9.50. The minimum absolute atomic E-state index is 0.153. The number of aldehydes is 1. The van der Waals surface area contributed by atoms with E-state index in [0.29, 0.717) is 16.3 Å². The third-order valence-electron chi connectivity index (χ3n) is 2.14. The van der Waals surface area contributed by atoms with Gasteiger partial charge in [-0.25, -0.2) is 0 Å². The summed E-state index contributed by atoms with van der Waals surface area (Å²) in [5.41, 5.74) is 2.83. The van der Waals surface area contributed by atoms with Crippen molar-refractivity contribution in [3.8, 4) is 0 Å². The van der Waals surface area contributed by atoms with Crippen molar-refractivity contribution in [1.29, 1.82) is 1.12 Å². The molecule has 0 spiro atoms. The average molecular weight is 427 g/mol. The zero-order valence-electron chi connectivity index (χ0n) is 13.8. The van der Waals surface area contributed by atoms with E-state index >= 15 is 0 Å². The molecule has 0 aliphatic heterocycles. The molecule has 1 aromatic rings. The van der Waals surface area contributed by atoms with Crippen LogP contribution >= 0.6 is 44.4 Å². The van der Waals surface area contributed by atoms with Crippen LogP contribution in [0.5, 0.6) is 0 Å². The molecule has 0 fully saturated rings. The molecule has 20 heavy (non-hydrogen) atoms. The van der Waals surface area contributed by atoms with Crippen molar-refractivity contribution >= 4 is 56.5 Å². The topological polar surface area (TPSA) is 34.1 Å². The number of ketones is 1. The lowest BCUT2D eigenvalue weighted by atomic mass is 10.1. The monoisotopic (exact) mass is 425 g/mol. The molecule has 1 rings (SSSR count). The molecule has 2 nitrogen and oxygen atoms in total. The zero-order valence-corrected chi connectivity index (χ0v) is 15.8. The first-order valence-corrected chi connectivity index (χ1v) is 8.17. The lowest BCUT2D eigenvalue weighted by molar-refractivity contribution is -0.104. The number of thiol groups is 1. The van der Waals surface area contributed by atoms with E-state index in [1.165, 1.54) is 5.57 Å². The minimum atomic E-state index is -0.506. The maximum absolute atomic E-state index is 11.0. The fourth-order valence-electron chi connectivity index (χ4n) is 0.905. The smallest absolute Gasteiger partial charge is 0.226 e. The van der Waals surface area contributed by atoms with Gasteiger partial charge in [0.25, 0.3) is 0 Å². The molecule has 0 unspecified atom stereocenters. The van der Waals surface area contributed by atoms with Crippen LogP contribution in [0.2, 0.25) is 0 Å². The number of hydrogen-bond acceptors (Lipinski definition) is 3. The van der Waals surface area contributed by atoms with Crippen LogP contribution < -0.4 is 0 Å². The summed E-state index contributed by atoms with van der Waals surface area (Å²) < 4.78 is 13.1. The van der Waals surface area contributed by atoms with Crippen LogP contribution in [0.1, 0.15) is 38.1 Å². The minimum Gasteiger partial charge on any atom is -0.294 e. The number of carbonyl (C=O) groups is 2. The highest BCUT2D eigenvalue weighted by molar-refractivity contribution is 9.10. The SMILES string of the molecule is CC=C(C)C.O=CC(=O)c1ccc(CBr)cc1Br.[2H]CS[3H]. The second-order valence-corrected chi connectivity index (χ2v) is 5.21. The van der Waals surface area contributed by atoms with Gasteiger partial charge < -0.3 is 0 Å². The van der Waals surface area contributed by atoms with Crippen LogP contribution in [-0.4, -0.2) is 19.4 Å². The summed E-state index contributed by atoms with van der Waals surface area (Å²) in [4.78, 5) is 21.3. The van der Waals surface area contributed by atoms with Crippen LogP contribution in [0.3, 0.4) is 0 Å². The molecule has 0 atom stereocenters. The van der Waals surface area contributed by atoms with Crippen LogP contribution in [0.15, 0.2) is 34.3 Å². The molecule has 5 heteroatoms. The normalized spacial score (nSPS) is 9.65. The van der Waals surface area contributed by atoms with Crippen molar-refractivity contribution in [2.75, 3.05) is 6.23 Å². The molecule has 1 aromatic carbocycles. The van der Waals surface area contributed by atoms with Gasteiger partial charge in [0.15, 0.2) is 6.29 Å². The van der Waals surface area contributed by atoms with Crippen molar-refractivity contribution in [3.05, 3.63) is 45.4 Å². The number of rotatable bonds is 3. The van der Waals surface area contributed by atoms with Gasteiger partial charge in [-0.2, -0.15) is 12.5 Å². The summed E-state index contributed by atoms with van der Waals surface area (Å²) in [6.07, 6.45) is 2.55. The first kappa shape index (κ1) is 17.7. The Labute approximate surface area is 146 Å². The van der Waals surface area contributed by atoms with E-state index in [9.17, 15) is 9.59 Å². The highest BCUT2D eigenvalue weighted by Gasteiger charge is 2.08. The van der Waals surface area contributed by atoms with Crippen molar-refractivity contribution < 1.29 is 11.0 Å². The lowest BCUT2D eigenvalue weighted by Crippen LogP contribution is -2.01. The zero-order chi connectivity index (χ0) is 17.5. The van der Waals surface area contributed by atoms with Gasteiger partial charge in [0.2, 0.25) is 5.78 Å². The third-order valence-corrected chi connectivity index (χ3v) is 3.44. The number of allylic oxidation sites excluding steroid dienone is 2. The Kier molecular flexibility index (Phi) is 12.0. The molecule has 0 aromatic heterocycles. The van der Waals surface area contributed by atoms with Crippen LogP contribution in [0.25, 0.3) is 0 Å². The predicted octanol–water partition coefficient (Wildman–Crippen LogP) is 5.24. The highest BCUT2D eigenvalue weighted by Crippen LogP contribution is 2.20. The summed E-state index contributed by atoms with van der Waals surface area (Å²) in [7, 11) is 0. The molecule has 0 heterocycles. The molecule has 0 aliphatic carbocycles. The molecule has 0 bridgehead atoms. The van der Waals surface area contributed by atoms with Gasteiger partial charge in [0, 0.05) is 16.7 Å². The van der Waals surface area contributed by atoms with E-state index in [4.69, 9.17) is 2.49 Å². The summed E-state index contributed by atoms with van der Waals surface area (Å²) in [5, 5.41) is 0.723. The molecule has 0 amide bonds. The second kappa shape index (κ2) is 13.6. The van der Waals surface area contributed by atoms with E-state index in [-0.39, 0.29) is 6.23 Å². The molecule has 0 N–H and O–H groups in total. The largest absolute Gasteiger partial charge is 0.294 e. The fourth-order valence-corrected chi connectivity index (χ4v) is 1.88. The summed E-state index contributed by atoms with van der Waals surface area (Å²) in [6, 6.07) is 5.25. The first-order valence-electron chi connectivity index (χ1n) is 6.80. The average Bonchev–Trinajstić information content (AvgIpc) is 2.54. The van der Waals surface area contributed by atoms with Gasteiger partial charge >= 0.3 is 0 Å². The van der Waals surface area contributed by atoms with E-state index in [2.05, 4.69) is 51.8 Å². The number of alkyl halides is 1. The number of Topliss-reactive ketones (excluding diaryl/α,β-unsaturated/α-hetero) is 1. The maximum atomic E-state index is 11.0. The quantitative estimate of drug-likeness (QED) is 0.179. The molecular formula is C15H20Br2O2S. The first-order chi connectivity index (χ1) is 10.4. The molecule has 0 saturated carbocycles. The van der Waals surface area contributed by atoms with E-state index in [0.717, 1.165) is 23.4 Å². The Morgan fingerprint density at radius 1 is 1.55 bits per heavy atom. The number of benzene rings is 1. The highest BCUT2D eigenvalue weighted by atomic mass is 79.9. The Balaban J connectivity index is 0. The number of hydrogen-bond donors (Lipinski definition) is 1. The van der Waals surface area contributed by atoms with Gasteiger partial charge in [-0.1, -0.05) is 49.6 Å².